The van der Waals surface area contributed by atoms with Crippen molar-refractivity contribution in [2.75, 3.05) is 0 Å². The van der Waals surface area contributed by atoms with Gasteiger partial charge in [0.25, 0.3) is 0 Å². The molecule has 5 heteroatoms. The molecule has 218 valence electrons. The van der Waals surface area contributed by atoms with Crippen molar-refractivity contribution in [3.8, 4) is 62.2 Å². The minimum atomic E-state index is 0.531. The zero-order chi connectivity index (χ0) is 30.9. The number of nitrogens with zero attached hydrogens (tertiary/aromatic N) is 5. The molecular weight excluding hydrogens is 574 g/mol. The summed E-state index contributed by atoms with van der Waals surface area (Å²) in [6.07, 6.45) is 1.85. The summed E-state index contributed by atoms with van der Waals surface area (Å²) < 4.78 is 2.36. The lowest BCUT2D eigenvalue weighted by Crippen LogP contribution is -2.02. The van der Waals surface area contributed by atoms with E-state index in [0.717, 1.165) is 27.8 Å². The quantitative estimate of drug-likeness (QED) is 0.202. The first-order valence-corrected chi connectivity index (χ1v) is 15.7. The molecule has 6 aromatic carbocycles. The standard InChI is InChI=1S/C42H25N5/c1-3-11-27(12-4-1)40-44-41(28-13-5-2-6-14-28)46-42(45-40)34-25-29(23-24-43-34)47-35-21-9-19-32-30-17-7-15-26-16-8-18-31(37(26)30)33-20-10-22-36(47)39(33)38(32)35/h1-25H. The van der Waals surface area contributed by atoms with Crippen LogP contribution in [-0.2, 0) is 0 Å². The monoisotopic (exact) mass is 599 g/mol. The fraction of sp³-hybridized carbons (Fsp3) is 0. The van der Waals surface area contributed by atoms with Gasteiger partial charge in [-0.1, -0.05) is 121 Å². The molecule has 47 heavy (non-hydrogen) atoms. The molecule has 5 nitrogen and oxygen atoms in total. The van der Waals surface area contributed by atoms with Crippen LogP contribution in [0.2, 0.25) is 0 Å². The Balaban J connectivity index is 1.22. The third-order valence-electron chi connectivity index (χ3n) is 9.23. The van der Waals surface area contributed by atoms with E-state index in [2.05, 4.69) is 89.5 Å². The number of hydrogen-bond donors (Lipinski definition) is 0. The summed E-state index contributed by atoms with van der Waals surface area (Å²) >= 11 is 0. The highest BCUT2D eigenvalue weighted by molar-refractivity contribution is 6.27. The maximum Gasteiger partial charge on any atom is 0.182 e. The van der Waals surface area contributed by atoms with Gasteiger partial charge in [0.15, 0.2) is 17.5 Å². The molecule has 0 bridgehead atoms. The van der Waals surface area contributed by atoms with Gasteiger partial charge >= 0.3 is 0 Å². The van der Waals surface area contributed by atoms with E-state index in [1.807, 2.05) is 66.9 Å². The minimum Gasteiger partial charge on any atom is -0.309 e. The van der Waals surface area contributed by atoms with Crippen molar-refractivity contribution < 1.29 is 0 Å². The van der Waals surface area contributed by atoms with Gasteiger partial charge in [0, 0.05) is 33.8 Å². The maximum atomic E-state index is 4.95. The predicted molar refractivity (Wildman–Crippen MR) is 190 cm³/mol. The molecule has 3 aromatic heterocycles. The minimum absolute atomic E-state index is 0.531. The van der Waals surface area contributed by atoms with Crippen LogP contribution in [-0.4, -0.2) is 24.5 Å². The smallest absolute Gasteiger partial charge is 0.182 e. The van der Waals surface area contributed by atoms with Crippen molar-refractivity contribution >= 4 is 32.6 Å². The zero-order valence-corrected chi connectivity index (χ0v) is 25.2. The summed E-state index contributed by atoms with van der Waals surface area (Å²) in [5.74, 6) is 1.76. The van der Waals surface area contributed by atoms with Gasteiger partial charge in [0.05, 0.1) is 11.0 Å². The summed E-state index contributed by atoms with van der Waals surface area (Å²) in [6, 6.07) is 50.8. The van der Waals surface area contributed by atoms with Gasteiger partial charge in [-0.25, -0.2) is 15.0 Å². The highest BCUT2D eigenvalue weighted by Crippen LogP contribution is 2.49. The first-order chi connectivity index (χ1) is 23.3. The van der Waals surface area contributed by atoms with Crippen LogP contribution >= 0.6 is 0 Å². The molecule has 0 N–H and O–H groups in total. The second-order valence-electron chi connectivity index (χ2n) is 11.9. The Bertz CT molecular complexity index is 2520. The van der Waals surface area contributed by atoms with Crippen LogP contribution in [0.15, 0.2) is 152 Å². The topological polar surface area (TPSA) is 56.5 Å². The molecule has 0 unspecified atom stereocenters. The maximum absolute atomic E-state index is 4.95. The van der Waals surface area contributed by atoms with Gasteiger partial charge in [-0.2, -0.15) is 0 Å². The highest BCUT2D eigenvalue weighted by Gasteiger charge is 2.24. The van der Waals surface area contributed by atoms with Crippen molar-refractivity contribution in [1.82, 2.24) is 24.5 Å². The molecule has 1 aliphatic rings. The average molecular weight is 600 g/mol. The fourth-order valence-corrected chi connectivity index (χ4v) is 7.23. The Morgan fingerprint density at radius 1 is 0.404 bits per heavy atom. The first-order valence-electron chi connectivity index (χ1n) is 15.7. The van der Waals surface area contributed by atoms with Crippen LogP contribution in [0.1, 0.15) is 0 Å². The Labute approximate surface area is 270 Å². The van der Waals surface area contributed by atoms with Crippen LogP contribution in [0.5, 0.6) is 0 Å². The van der Waals surface area contributed by atoms with Crippen molar-refractivity contribution in [2.45, 2.75) is 0 Å². The summed E-state index contributed by atoms with van der Waals surface area (Å²) in [4.78, 5) is 19.6. The number of fused-ring (bicyclic) bond motifs is 2. The predicted octanol–water partition coefficient (Wildman–Crippen LogP) is 10.2. The van der Waals surface area contributed by atoms with Gasteiger partial charge in [0.2, 0.25) is 0 Å². The van der Waals surface area contributed by atoms with Gasteiger partial charge in [-0.15, -0.1) is 0 Å². The Hall–Kier alpha value is -6.46. The molecule has 0 saturated heterocycles. The average Bonchev–Trinajstić information content (AvgIpc) is 3.43. The van der Waals surface area contributed by atoms with Crippen LogP contribution in [0.3, 0.4) is 0 Å². The molecule has 0 radical (unpaired) electrons. The van der Waals surface area contributed by atoms with E-state index >= 15 is 0 Å². The lowest BCUT2D eigenvalue weighted by Gasteiger charge is -2.14. The molecule has 0 atom stereocenters. The fourth-order valence-electron chi connectivity index (χ4n) is 7.23. The molecular formula is C42H25N5. The SMILES string of the molecule is c1ccc(-c2nc(-c3ccccc3)nc(-c3cc(-n4c5cccc6c5c5c(cccc54)-c4cccc5cccc-6c45)ccn3)n2)cc1. The van der Waals surface area contributed by atoms with Gasteiger partial charge < -0.3 is 4.57 Å². The molecule has 10 rings (SSSR count). The number of hydrogen-bond acceptors (Lipinski definition) is 4. The van der Waals surface area contributed by atoms with E-state index in [-0.39, 0.29) is 0 Å². The van der Waals surface area contributed by atoms with E-state index < -0.39 is 0 Å². The van der Waals surface area contributed by atoms with Crippen molar-refractivity contribution in [3.63, 3.8) is 0 Å². The zero-order valence-electron chi connectivity index (χ0n) is 25.2. The number of pyridine rings is 1. The third kappa shape index (κ3) is 3.90. The van der Waals surface area contributed by atoms with Crippen LogP contribution in [0.25, 0.3) is 94.8 Å². The Morgan fingerprint density at radius 2 is 0.894 bits per heavy atom. The van der Waals surface area contributed by atoms with E-state index in [1.54, 1.807) is 0 Å². The molecule has 0 aliphatic heterocycles. The van der Waals surface area contributed by atoms with Crippen molar-refractivity contribution in [1.29, 1.82) is 0 Å². The number of benzene rings is 6. The normalized spacial score (nSPS) is 11.8. The first kappa shape index (κ1) is 25.8. The van der Waals surface area contributed by atoms with E-state index in [9.17, 15) is 0 Å². The summed E-state index contributed by atoms with van der Waals surface area (Å²) in [5, 5.41) is 5.09. The van der Waals surface area contributed by atoms with Crippen molar-refractivity contribution in [3.05, 3.63) is 152 Å². The van der Waals surface area contributed by atoms with Gasteiger partial charge in [-0.3, -0.25) is 4.98 Å². The van der Waals surface area contributed by atoms with Gasteiger partial charge in [0.1, 0.15) is 5.69 Å². The van der Waals surface area contributed by atoms with Crippen LogP contribution in [0, 0.1) is 0 Å². The lowest BCUT2D eigenvalue weighted by atomic mass is 9.93. The molecule has 3 heterocycles. The molecule has 0 amide bonds. The van der Waals surface area contributed by atoms with Crippen LogP contribution in [0.4, 0.5) is 0 Å². The largest absolute Gasteiger partial charge is 0.309 e. The second-order valence-corrected chi connectivity index (χ2v) is 11.9. The van der Waals surface area contributed by atoms with E-state index in [4.69, 9.17) is 19.9 Å². The van der Waals surface area contributed by atoms with E-state index in [0.29, 0.717) is 23.2 Å². The Morgan fingerprint density at radius 3 is 1.45 bits per heavy atom. The Kier molecular flexibility index (Phi) is 5.51. The number of rotatable bonds is 4. The van der Waals surface area contributed by atoms with E-state index in [1.165, 1.54) is 43.8 Å². The van der Waals surface area contributed by atoms with Gasteiger partial charge in [-0.05, 0) is 57.3 Å². The second kappa shape index (κ2) is 10.0. The molecule has 0 spiro atoms. The lowest BCUT2D eigenvalue weighted by molar-refractivity contribution is 1.05. The summed E-state index contributed by atoms with van der Waals surface area (Å²) in [6.45, 7) is 0. The molecule has 9 aromatic rings. The molecule has 0 saturated carbocycles. The molecule has 1 aliphatic carbocycles. The van der Waals surface area contributed by atoms with Crippen LogP contribution < -0.4 is 0 Å². The summed E-state index contributed by atoms with van der Waals surface area (Å²) in [7, 11) is 0. The van der Waals surface area contributed by atoms with Crippen molar-refractivity contribution in [2.24, 2.45) is 0 Å². The number of aromatic nitrogens is 5. The molecule has 0 fully saturated rings. The highest BCUT2D eigenvalue weighted by atomic mass is 15.1. The third-order valence-corrected chi connectivity index (χ3v) is 9.23. The summed E-state index contributed by atoms with van der Waals surface area (Å²) in [5.41, 5.74) is 10.9.